The molecule has 0 aliphatic rings. The molecule has 1 unspecified atom stereocenters. The van der Waals surface area contributed by atoms with Gasteiger partial charge in [-0.05, 0) is 12.5 Å². The van der Waals surface area contributed by atoms with Crippen LogP contribution in [0.5, 0.6) is 0 Å². The predicted octanol–water partition coefficient (Wildman–Crippen LogP) is 3.12. The van der Waals surface area contributed by atoms with Crippen molar-refractivity contribution in [3.05, 3.63) is 59.0 Å². The standard InChI is InChI=1S/C17H16F3NO4/c1-10-9-25-12(8-14(22)23)15(10)16(24)21-13(17(18,19)20)7-11-5-3-2-4-6-11/h2-6,9,13H,7-8H2,1H3,(H,21,24)(H,22,23). The molecule has 2 aromatic rings. The summed E-state index contributed by atoms with van der Waals surface area (Å²) in [5.41, 5.74) is 0.513. The van der Waals surface area contributed by atoms with E-state index in [4.69, 9.17) is 9.52 Å². The van der Waals surface area contributed by atoms with Gasteiger partial charge in [0.05, 0.1) is 11.8 Å². The van der Waals surface area contributed by atoms with Crippen LogP contribution >= 0.6 is 0 Å². The van der Waals surface area contributed by atoms with Crippen molar-refractivity contribution in [1.29, 1.82) is 0 Å². The molecule has 134 valence electrons. The average molecular weight is 355 g/mol. The maximum Gasteiger partial charge on any atom is 0.408 e. The highest BCUT2D eigenvalue weighted by atomic mass is 19.4. The maximum atomic E-state index is 13.3. The first-order chi connectivity index (χ1) is 11.7. The lowest BCUT2D eigenvalue weighted by Gasteiger charge is -2.22. The summed E-state index contributed by atoms with van der Waals surface area (Å²) in [6.45, 7) is 1.46. The quantitative estimate of drug-likeness (QED) is 0.834. The third-order valence-electron chi connectivity index (χ3n) is 3.57. The number of hydrogen-bond donors (Lipinski definition) is 2. The van der Waals surface area contributed by atoms with Gasteiger partial charge in [0.1, 0.15) is 18.2 Å². The smallest absolute Gasteiger partial charge is 0.408 e. The fourth-order valence-electron chi connectivity index (χ4n) is 2.40. The van der Waals surface area contributed by atoms with Crippen molar-refractivity contribution in [3.8, 4) is 0 Å². The molecule has 0 spiro atoms. The van der Waals surface area contributed by atoms with Crippen molar-refractivity contribution in [2.75, 3.05) is 0 Å². The Morgan fingerprint density at radius 3 is 2.44 bits per heavy atom. The molecule has 0 bridgehead atoms. The molecular formula is C17H16F3NO4. The largest absolute Gasteiger partial charge is 0.481 e. The molecular weight excluding hydrogens is 339 g/mol. The van der Waals surface area contributed by atoms with Crippen molar-refractivity contribution < 1.29 is 32.3 Å². The molecule has 0 saturated carbocycles. The monoisotopic (exact) mass is 355 g/mol. The molecule has 0 fully saturated rings. The Balaban J connectivity index is 2.23. The van der Waals surface area contributed by atoms with Gasteiger partial charge in [0.25, 0.3) is 5.91 Å². The van der Waals surface area contributed by atoms with Gasteiger partial charge in [-0.3, -0.25) is 9.59 Å². The third kappa shape index (κ3) is 4.85. The molecule has 1 aromatic carbocycles. The molecule has 0 aliphatic carbocycles. The zero-order valence-corrected chi connectivity index (χ0v) is 13.3. The molecule has 5 nitrogen and oxygen atoms in total. The van der Waals surface area contributed by atoms with Crippen LogP contribution in [0.4, 0.5) is 13.2 Å². The van der Waals surface area contributed by atoms with Crippen molar-refractivity contribution in [1.82, 2.24) is 5.32 Å². The van der Waals surface area contributed by atoms with Gasteiger partial charge in [0.15, 0.2) is 0 Å². The van der Waals surface area contributed by atoms with Gasteiger partial charge in [0.2, 0.25) is 0 Å². The van der Waals surface area contributed by atoms with Crippen molar-refractivity contribution in [3.63, 3.8) is 0 Å². The SMILES string of the molecule is Cc1coc(CC(=O)O)c1C(=O)NC(Cc1ccccc1)C(F)(F)F. The van der Waals surface area contributed by atoms with E-state index in [2.05, 4.69) is 0 Å². The molecule has 0 radical (unpaired) electrons. The van der Waals surface area contributed by atoms with Crippen LogP contribution in [-0.2, 0) is 17.6 Å². The fraction of sp³-hybridized carbons (Fsp3) is 0.294. The highest BCUT2D eigenvalue weighted by Crippen LogP contribution is 2.25. The second kappa shape index (κ2) is 7.42. The minimum absolute atomic E-state index is 0.176. The van der Waals surface area contributed by atoms with Gasteiger partial charge in [-0.25, -0.2) is 0 Å². The van der Waals surface area contributed by atoms with E-state index in [-0.39, 0.29) is 16.9 Å². The number of aliphatic carboxylic acids is 1. The number of hydrogen-bond acceptors (Lipinski definition) is 3. The Hall–Kier alpha value is -2.77. The average Bonchev–Trinajstić information content (AvgIpc) is 2.86. The summed E-state index contributed by atoms with van der Waals surface area (Å²) in [6.07, 6.45) is -4.53. The minimum atomic E-state index is -4.66. The van der Waals surface area contributed by atoms with E-state index in [1.165, 1.54) is 19.1 Å². The van der Waals surface area contributed by atoms with Crippen LogP contribution in [0.2, 0.25) is 0 Å². The lowest BCUT2D eigenvalue weighted by atomic mass is 10.0. The summed E-state index contributed by atoms with van der Waals surface area (Å²) in [5, 5.41) is 10.8. The van der Waals surface area contributed by atoms with Gasteiger partial charge in [-0.1, -0.05) is 30.3 Å². The topological polar surface area (TPSA) is 79.5 Å². The van der Waals surface area contributed by atoms with E-state index in [0.29, 0.717) is 5.56 Å². The predicted molar refractivity (Wildman–Crippen MR) is 82.2 cm³/mol. The number of nitrogens with one attached hydrogen (secondary N) is 1. The number of alkyl halides is 3. The number of carbonyl (C=O) groups excluding carboxylic acids is 1. The summed E-state index contributed by atoms with van der Waals surface area (Å²) in [4.78, 5) is 23.1. The zero-order valence-electron chi connectivity index (χ0n) is 13.3. The number of amides is 1. The summed E-state index contributed by atoms with van der Waals surface area (Å²) >= 11 is 0. The Kier molecular flexibility index (Phi) is 5.51. The lowest BCUT2D eigenvalue weighted by molar-refractivity contribution is -0.153. The van der Waals surface area contributed by atoms with E-state index in [1.807, 2.05) is 5.32 Å². The molecule has 1 atom stereocenters. The summed E-state index contributed by atoms with van der Waals surface area (Å²) < 4.78 is 44.8. The van der Waals surface area contributed by atoms with Crippen LogP contribution in [0.1, 0.15) is 27.2 Å². The molecule has 1 amide bonds. The van der Waals surface area contributed by atoms with E-state index < -0.39 is 36.9 Å². The summed E-state index contributed by atoms with van der Waals surface area (Å²) in [7, 11) is 0. The molecule has 1 heterocycles. The Bertz CT molecular complexity index is 753. The fourth-order valence-corrected chi connectivity index (χ4v) is 2.40. The van der Waals surface area contributed by atoms with E-state index in [9.17, 15) is 22.8 Å². The van der Waals surface area contributed by atoms with Crippen LogP contribution in [0, 0.1) is 6.92 Å². The Labute approximate surface area is 141 Å². The number of carboxylic acid groups (broad SMARTS) is 1. The summed E-state index contributed by atoms with van der Waals surface area (Å²) in [6, 6.07) is 5.85. The number of aryl methyl sites for hydroxylation is 1. The van der Waals surface area contributed by atoms with Gasteiger partial charge in [0, 0.05) is 12.0 Å². The zero-order chi connectivity index (χ0) is 18.6. The van der Waals surface area contributed by atoms with E-state index >= 15 is 0 Å². The maximum absolute atomic E-state index is 13.3. The van der Waals surface area contributed by atoms with Crippen molar-refractivity contribution >= 4 is 11.9 Å². The minimum Gasteiger partial charge on any atom is -0.481 e. The first-order valence-corrected chi connectivity index (χ1v) is 7.38. The Morgan fingerprint density at radius 1 is 1.24 bits per heavy atom. The van der Waals surface area contributed by atoms with Crippen LogP contribution in [0.15, 0.2) is 41.0 Å². The number of carboxylic acids is 1. The van der Waals surface area contributed by atoms with Crippen LogP contribution in [0.3, 0.4) is 0 Å². The third-order valence-corrected chi connectivity index (χ3v) is 3.57. The van der Waals surface area contributed by atoms with Crippen molar-refractivity contribution in [2.24, 2.45) is 0 Å². The van der Waals surface area contributed by atoms with Crippen LogP contribution < -0.4 is 5.32 Å². The second-order valence-corrected chi connectivity index (χ2v) is 5.54. The molecule has 2 N–H and O–H groups in total. The highest BCUT2D eigenvalue weighted by molar-refractivity contribution is 5.97. The van der Waals surface area contributed by atoms with E-state index in [1.54, 1.807) is 18.2 Å². The van der Waals surface area contributed by atoms with Crippen LogP contribution in [-0.4, -0.2) is 29.2 Å². The van der Waals surface area contributed by atoms with Gasteiger partial charge in [-0.15, -0.1) is 0 Å². The molecule has 8 heteroatoms. The van der Waals surface area contributed by atoms with E-state index in [0.717, 1.165) is 6.26 Å². The second-order valence-electron chi connectivity index (χ2n) is 5.54. The molecule has 0 aliphatic heterocycles. The normalized spacial score (nSPS) is 12.6. The van der Waals surface area contributed by atoms with Crippen LogP contribution in [0.25, 0.3) is 0 Å². The van der Waals surface area contributed by atoms with Gasteiger partial charge < -0.3 is 14.8 Å². The first kappa shape index (κ1) is 18.6. The number of furan rings is 1. The number of benzene rings is 1. The number of rotatable bonds is 6. The first-order valence-electron chi connectivity index (χ1n) is 7.38. The highest BCUT2D eigenvalue weighted by Gasteiger charge is 2.41. The number of halogens is 3. The van der Waals surface area contributed by atoms with Gasteiger partial charge >= 0.3 is 12.1 Å². The number of carbonyl (C=O) groups is 2. The molecule has 2 rings (SSSR count). The molecule has 25 heavy (non-hydrogen) atoms. The lowest BCUT2D eigenvalue weighted by Crippen LogP contribution is -2.47. The van der Waals surface area contributed by atoms with Crippen molar-refractivity contribution in [2.45, 2.75) is 32.0 Å². The molecule has 0 saturated heterocycles. The van der Waals surface area contributed by atoms with Gasteiger partial charge in [-0.2, -0.15) is 13.2 Å². The Morgan fingerprint density at radius 2 is 1.88 bits per heavy atom. The summed E-state index contributed by atoms with van der Waals surface area (Å²) in [5.74, 6) is -2.44. The molecule has 1 aromatic heterocycles.